The van der Waals surface area contributed by atoms with E-state index in [1.165, 1.54) is 9.13 Å². The number of nitrogens with one attached hydrogen (secondary N) is 4. The van der Waals surface area contributed by atoms with Crippen LogP contribution >= 0.6 is 0 Å². The third-order valence-corrected chi connectivity index (χ3v) is 15.1. The molecule has 0 bridgehead atoms. The standard InChI is InChI=1S/C70H80N10O18/c1-33(2)57(81)75-69-73-55-49(59(83)77-69)71-47(79(55)61-53(97-67(89)39(13)14)51(95-65(87)37(9)10)45(93-61)31-91-63(85)35(5)6)29-27-43-23-19-41(20-24-43)17-18-42-21-25-44(26-22-42)28-30-48-72-50-56(74-70(78-60(50)84)76-58(82)34(3)4)80(48)62-54(98-68(90)40(15)16)52(96-66(88)38(11)12)46(94-62)32-92-64(86)36(7)8/h19-26,33-40,45-46,51-54,61-62H,31-32H2,1-16H3,(H2,73,75,77,81,83)(H2,74,76,78,82,84)/t45-,46-,51-,52-,53-,54-,61-,62-/m1/s1. The van der Waals surface area contributed by atoms with Gasteiger partial charge < -0.3 is 37.9 Å². The number of aromatic amines is 2. The molecule has 0 unspecified atom stereocenters. The molecule has 4 N–H and O–H groups in total. The van der Waals surface area contributed by atoms with Crippen molar-refractivity contribution in [3.8, 4) is 35.5 Å². The molecule has 0 spiro atoms. The van der Waals surface area contributed by atoms with Crippen LogP contribution in [0.15, 0.2) is 58.1 Å². The fourth-order valence-electron chi connectivity index (χ4n) is 9.32. The average molecular weight is 1350 g/mol. The molecule has 518 valence electrons. The summed E-state index contributed by atoms with van der Waals surface area (Å²) in [4.78, 5) is 156. The number of rotatable bonds is 20. The lowest BCUT2D eigenvalue weighted by molar-refractivity contribution is -0.173. The van der Waals surface area contributed by atoms with Crippen LogP contribution in [0, 0.1) is 82.9 Å². The van der Waals surface area contributed by atoms with Gasteiger partial charge >= 0.3 is 35.8 Å². The molecular formula is C70H80N10O18. The molecule has 2 aromatic carbocycles. The number of imidazole rings is 2. The molecule has 4 aromatic heterocycles. The molecule has 2 saturated heterocycles. The third-order valence-electron chi connectivity index (χ3n) is 15.1. The molecular weight excluding hydrogens is 1270 g/mol. The SMILES string of the molecule is CC(C)C(=O)Nc1nc2c(nc(C#Cc3ccc(C#Cc4ccc(C#Cc5nc6c(=O)[nH]c(NC(=O)C(C)C)nc6n5[C@@H]5O[C@H](COC(=O)C(C)C)[C@@H](OC(=O)C(C)C)[C@H]5OC(=O)C(C)C)cc4)cc3)n2[C@@H]2O[C@H](COC(=O)C(C)C)[C@@H](OC(=O)C(C)C)[C@H]2OC(=O)C(C)C)c(=O)[nH]1. The summed E-state index contributed by atoms with van der Waals surface area (Å²) < 4.78 is 51.0. The number of benzene rings is 2. The lowest BCUT2D eigenvalue weighted by atomic mass is 10.1. The van der Waals surface area contributed by atoms with Crippen LogP contribution in [0.2, 0.25) is 0 Å². The molecule has 0 aliphatic carbocycles. The molecule has 28 heteroatoms. The highest BCUT2D eigenvalue weighted by molar-refractivity contribution is 5.92. The van der Waals surface area contributed by atoms with E-state index in [9.17, 15) is 47.9 Å². The van der Waals surface area contributed by atoms with Crippen molar-refractivity contribution in [2.45, 2.75) is 160 Å². The first-order valence-corrected chi connectivity index (χ1v) is 32.2. The van der Waals surface area contributed by atoms with Crippen LogP contribution in [-0.4, -0.2) is 137 Å². The molecule has 6 aromatic rings. The first kappa shape index (κ1) is 73.3. The molecule has 8 atom stereocenters. The van der Waals surface area contributed by atoms with Crippen LogP contribution < -0.4 is 21.8 Å². The van der Waals surface area contributed by atoms with E-state index in [0.29, 0.717) is 22.3 Å². The second-order valence-corrected chi connectivity index (χ2v) is 25.9. The number of aromatic nitrogens is 8. The van der Waals surface area contributed by atoms with E-state index in [-0.39, 0.29) is 45.9 Å². The first-order valence-electron chi connectivity index (χ1n) is 32.2. The molecule has 6 heterocycles. The largest absolute Gasteiger partial charge is 0.463 e. The van der Waals surface area contributed by atoms with E-state index in [1.807, 2.05) is 0 Å². The fraction of sp³-hybridized carbons (Fsp3) is 0.486. The minimum atomic E-state index is -1.46. The van der Waals surface area contributed by atoms with Crippen LogP contribution in [-0.2, 0) is 76.3 Å². The topological polar surface area (TPSA) is 362 Å². The average Bonchev–Trinajstić information content (AvgIpc) is 1.60. The summed E-state index contributed by atoms with van der Waals surface area (Å²) in [6.07, 6.45) is -11.0. The van der Waals surface area contributed by atoms with Gasteiger partial charge in [0.05, 0.1) is 35.5 Å². The number of carbonyl (C=O) groups is 8. The lowest BCUT2D eigenvalue weighted by Gasteiger charge is -2.26. The van der Waals surface area contributed by atoms with Gasteiger partial charge in [0.15, 0.2) is 70.8 Å². The van der Waals surface area contributed by atoms with Gasteiger partial charge in [0, 0.05) is 34.1 Å². The van der Waals surface area contributed by atoms with Crippen molar-refractivity contribution < 1.29 is 76.3 Å². The quantitative estimate of drug-likeness (QED) is 0.0364. The smallest absolute Gasteiger partial charge is 0.308 e. The van der Waals surface area contributed by atoms with Gasteiger partial charge in [0.1, 0.15) is 25.4 Å². The van der Waals surface area contributed by atoms with Gasteiger partial charge in [-0.25, -0.2) is 9.97 Å². The number of ether oxygens (including phenoxy) is 8. The molecule has 2 amide bonds. The van der Waals surface area contributed by atoms with Gasteiger partial charge in [0.2, 0.25) is 23.7 Å². The van der Waals surface area contributed by atoms with Crippen molar-refractivity contribution in [1.82, 2.24) is 39.0 Å². The maximum Gasteiger partial charge on any atom is 0.308 e. The number of esters is 6. The molecule has 2 fully saturated rings. The van der Waals surface area contributed by atoms with E-state index < -0.39 is 168 Å². The van der Waals surface area contributed by atoms with Gasteiger partial charge in [-0.1, -0.05) is 134 Å². The van der Waals surface area contributed by atoms with Crippen LogP contribution in [0.1, 0.15) is 157 Å². The predicted molar refractivity (Wildman–Crippen MR) is 352 cm³/mol. The van der Waals surface area contributed by atoms with Gasteiger partial charge in [0.25, 0.3) is 11.1 Å². The Kier molecular flexibility index (Phi) is 23.6. The number of nitrogens with zero attached hydrogens (tertiary/aromatic N) is 6. The van der Waals surface area contributed by atoms with Crippen molar-refractivity contribution in [2.75, 3.05) is 23.8 Å². The summed E-state index contributed by atoms with van der Waals surface area (Å²) in [7, 11) is 0. The van der Waals surface area contributed by atoms with Crippen molar-refractivity contribution in [3.63, 3.8) is 0 Å². The van der Waals surface area contributed by atoms with Crippen molar-refractivity contribution >= 4 is 81.9 Å². The Morgan fingerprint density at radius 1 is 0.408 bits per heavy atom. The van der Waals surface area contributed by atoms with Crippen LogP contribution in [0.4, 0.5) is 11.9 Å². The third kappa shape index (κ3) is 17.6. The monoisotopic (exact) mass is 1350 g/mol. The van der Waals surface area contributed by atoms with Gasteiger partial charge in [-0.15, -0.1) is 0 Å². The zero-order valence-corrected chi connectivity index (χ0v) is 57.3. The Labute approximate surface area is 564 Å². The Morgan fingerprint density at radius 3 is 0.959 bits per heavy atom. The minimum absolute atomic E-state index is 0.114. The second-order valence-electron chi connectivity index (χ2n) is 25.9. The number of anilines is 2. The number of fused-ring (bicyclic) bond motifs is 2. The lowest BCUT2D eigenvalue weighted by Crippen LogP contribution is -2.42. The minimum Gasteiger partial charge on any atom is -0.463 e. The van der Waals surface area contributed by atoms with E-state index in [1.54, 1.807) is 159 Å². The summed E-state index contributed by atoms with van der Waals surface area (Å²) in [6.45, 7) is 25.1. The maximum absolute atomic E-state index is 13.8. The molecule has 98 heavy (non-hydrogen) atoms. The van der Waals surface area contributed by atoms with Gasteiger partial charge in [-0.05, 0) is 60.4 Å². The predicted octanol–water partition coefficient (Wildman–Crippen LogP) is 6.41. The maximum atomic E-state index is 13.8. The highest BCUT2D eigenvalue weighted by Crippen LogP contribution is 2.40. The number of hydrogen-bond acceptors (Lipinski definition) is 22. The summed E-state index contributed by atoms with van der Waals surface area (Å²) in [6, 6.07) is 13.7. The Morgan fingerprint density at radius 2 is 0.684 bits per heavy atom. The van der Waals surface area contributed by atoms with Crippen LogP contribution in [0.3, 0.4) is 0 Å². The fourth-order valence-corrected chi connectivity index (χ4v) is 9.32. The zero-order valence-electron chi connectivity index (χ0n) is 57.3. The molecule has 8 rings (SSSR count). The molecule has 0 saturated carbocycles. The van der Waals surface area contributed by atoms with Crippen molar-refractivity contribution in [3.05, 3.63) is 103 Å². The van der Waals surface area contributed by atoms with Crippen LogP contribution in [0.5, 0.6) is 0 Å². The normalized spacial score (nSPS) is 18.9. The first-order chi connectivity index (χ1) is 46.3. The van der Waals surface area contributed by atoms with Gasteiger partial charge in [-0.2, -0.15) is 9.97 Å². The van der Waals surface area contributed by atoms with E-state index in [4.69, 9.17) is 37.9 Å². The summed E-state index contributed by atoms with van der Waals surface area (Å²) in [5, 5.41) is 5.19. The second kappa shape index (κ2) is 31.6. The van der Waals surface area contributed by atoms with E-state index in [2.05, 4.69) is 76.1 Å². The Bertz CT molecular complexity index is 4080. The highest BCUT2D eigenvalue weighted by Gasteiger charge is 2.54. The van der Waals surface area contributed by atoms with Crippen molar-refractivity contribution in [2.24, 2.45) is 47.3 Å². The van der Waals surface area contributed by atoms with Gasteiger partial charge in [-0.3, -0.25) is 77.7 Å². The summed E-state index contributed by atoms with van der Waals surface area (Å²) in [5.41, 5.74) is -0.213. The Balaban J connectivity index is 1.13. The molecule has 2 aliphatic rings. The van der Waals surface area contributed by atoms with E-state index in [0.717, 1.165) is 0 Å². The Hall–Kier alpha value is -10.5. The molecule has 0 radical (unpaired) electrons. The number of amides is 2. The number of carbonyl (C=O) groups excluding carboxylic acids is 8. The van der Waals surface area contributed by atoms with E-state index >= 15 is 0 Å². The highest BCUT2D eigenvalue weighted by atomic mass is 16.7. The summed E-state index contributed by atoms with van der Waals surface area (Å²) in [5.74, 6) is 8.07. The molecule has 2 aliphatic heterocycles. The summed E-state index contributed by atoms with van der Waals surface area (Å²) >= 11 is 0. The molecule has 28 nitrogen and oxygen atoms in total. The zero-order chi connectivity index (χ0) is 71.7. The van der Waals surface area contributed by atoms with Crippen molar-refractivity contribution in [1.29, 1.82) is 0 Å². The number of H-pyrrole nitrogens is 2. The van der Waals surface area contributed by atoms with Crippen LogP contribution in [0.25, 0.3) is 22.3 Å². The number of hydrogen-bond donors (Lipinski definition) is 4.